The van der Waals surface area contributed by atoms with Crippen molar-refractivity contribution in [3.8, 4) is 0 Å². The highest BCUT2D eigenvalue weighted by atomic mass is 15.2. The lowest BCUT2D eigenvalue weighted by atomic mass is 9.77. The fraction of sp³-hybridized carbons (Fsp3) is 0.647. The average Bonchev–Trinajstić information content (AvgIpc) is 2.40. The van der Waals surface area contributed by atoms with Crippen molar-refractivity contribution >= 4 is 0 Å². The van der Waals surface area contributed by atoms with Gasteiger partial charge in [0.1, 0.15) is 0 Å². The van der Waals surface area contributed by atoms with Crippen LogP contribution in [0.3, 0.4) is 0 Å². The largest absolute Gasteiger partial charge is 0.323 e. The predicted octanol–water partition coefficient (Wildman–Crippen LogP) is 3.54. The van der Waals surface area contributed by atoms with Gasteiger partial charge >= 0.3 is 0 Å². The third kappa shape index (κ3) is 3.01. The van der Waals surface area contributed by atoms with Crippen LogP contribution in [0.5, 0.6) is 0 Å². The van der Waals surface area contributed by atoms with E-state index in [1.807, 2.05) is 0 Å². The van der Waals surface area contributed by atoms with E-state index in [1.54, 1.807) is 0 Å². The first-order valence-electron chi connectivity index (χ1n) is 7.63. The van der Waals surface area contributed by atoms with E-state index in [0.717, 1.165) is 13.1 Å². The average molecular weight is 260 g/mol. The molecule has 2 heteroatoms. The van der Waals surface area contributed by atoms with Crippen LogP contribution in [0.25, 0.3) is 0 Å². The van der Waals surface area contributed by atoms with Gasteiger partial charge in [-0.3, -0.25) is 4.90 Å². The second-order valence-electron chi connectivity index (χ2n) is 6.34. The standard InChI is InChI=1S/C17H28N2/c1-5-19(11-12(2)3)16-10-13(4)14-8-6-7-9-15(14)17(16)18/h6-9,12-13,16-17H,5,10-11,18H2,1-4H3. The summed E-state index contributed by atoms with van der Waals surface area (Å²) >= 11 is 0. The van der Waals surface area contributed by atoms with Gasteiger partial charge < -0.3 is 5.73 Å². The van der Waals surface area contributed by atoms with Gasteiger partial charge in [0.05, 0.1) is 0 Å². The van der Waals surface area contributed by atoms with Gasteiger partial charge in [-0.05, 0) is 35.9 Å². The molecule has 2 N–H and O–H groups in total. The first-order valence-corrected chi connectivity index (χ1v) is 7.63. The molecule has 0 radical (unpaired) electrons. The minimum absolute atomic E-state index is 0.158. The van der Waals surface area contributed by atoms with E-state index >= 15 is 0 Å². The second kappa shape index (κ2) is 6.06. The van der Waals surface area contributed by atoms with E-state index in [9.17, 15) is 0 Å². The number of fused-ring (bicyclic) bond motifs is 1. The Bertz CT molecular complexity index is 413. The molecule has 1 aromatic carbocycles. The van der Waals surface area contributed by atoms with E-state index in [0.29, 0.717) is 17.9 Å². The summed E-state index contributed by atoms with van der Waals surface area (Å²) in [6.45, 7) is 11.4. The van der Waals surface area contributed by atoms with Crippen LogP contribution in [0.2, 0.25) is 0 Å². The molecule has 0 heterocycles. The number of nitrogens with zero attached hydrogens (tertiary/aromatic N) is 1. The molecule has 2 rings (SSSR count). The monoisotopic (exact) mass is 260 g/mol. The summed E-state index contributed by atoms with van der Waals surface area (Å²) in [5.41, 5.74) is 9.37. The highest BCUT2D eigenvalue weighted by Gasteiger charge is 2.33. The SMILES string of the molecule is CCN(CC(C)C)C1CC(C)c2ccccc2C1N. The number of rotatable bonds is 4. The van der Waals surface area contributed by atoms with Gasteiger partial charge in [-0.1, -0.05) is 52.0 Å². The summed E-state index contributed by atoms with van der Waals surface area (Å²) in [5, 5.41) is 0. The van der Waals surface area contributed by atoms with Crippen molar-refractivity contribution in [2.75, 3.05) is 13.1 Å². The summed E-state index contributed by atoms with van der Waals surface area (Å²) in [6.07, 6.45) is 1.18. The van der Waals surface area contributed by atoms with Gasteiger partial charge in [0.15, 0.2) is 0 Å². The normalized spacial score (nSPS) is 26.8. The van der Waals surface area contributed by atoms with Crippen molar-refractivity contribution in [3.63, 3.8) is 0 Å². The number of benzene rings is 1. The van der Waals surface area contributed by atoms with Gasteiger partial charge in [0.25, 0.3) is 0 Å². The Labute approximate surface area is 118 Å². The molecule has 0 bridgehead atoms. The Morgan fingerprint density at radius 2 is 1.89 bits per heavy atom. The Morgan fingerprint density at radius 3 is 2.47 bits per heavy atom. The molecule has 0 aliphatic heterocycles. The molecule has 1 aliphatic carbocycles. The zero-order valence-electron chi connectivity index (χ0n) is 12.8. The van der Waals surface area contributed by atoms with Crippen molar-refractivity contribution in [2.24, 2.45) is 11.7 Å². The molecule has 106 valence electrons. The van der Waals surface area contributed by atoms with E-state index < -0.39 is 0 Å². The number of hydrogen-bond donors (Lipinski definition) is 1. The third-order valence-electron chi connectivity index (χ3n) is 4.37. The van der Waals surface area contributed by atoms with Crippen molar-refractivity contribution in [1.29, 1.82) is 0 Å². The molecule has 0 aromatic heterocycles. The first-order chi connectivity index (χ1) is 9.04. The smallest absolute Gasteiger partial charge is 0.0456 e. The van der Waals surface area contributed by atoms with E-state index in [1.165, 1.54) is 17.5 Å². The molecular formula is C17H28N2. The van der Waals surface area contributed by atoms with E-state index in [-0.39, 0.29) is 6.04 Å². The Balaban J connectivity index is 2.25. The molecule has 3 unspecified atom stereocenters. The summed E-state index contributed by atoms with van der Waals surface area (Å²) in [5.74, 6) is 1.31. The zero-order chi connectivity index (χ0) is 14.0. The Morgan fingerprint density at radius 1 is 1.26 bits per heavy atom. The van der Waals surface area contributed by atoms with Gasteiger partial charge in [-0.2, -0.15) is 0 Å². The van der Waals surface area contributed by atoms with Crippen LogP contribution in [0.1, 0.15) is 57.2 Å². The van der Waals surface area contributed by atoms with Crippen LogP contribution in [0.15, 0.2) is 24.3 Å². The number of nitrogens with two attached hydrogens (primary N) is 1. The number of hydrogen-bond acceptors (Lipinski definition) is 2. The fourth-order valence-corrected chi connectivity index (χ4v) is 3.45. The van der Waals surface area contributed by atoms with Crippen LogP contribution >= 0.6 is 0 Å². The third-order valence-corrected chi connectivity index (χ3v) is 4.37. The lowest BCUT2D eigenvalue weighted by Gasteiger charge is -2.42. The van der Waals surface area contributed by atoms with E-state index in [2.05, 4.69) is 56.9 Å². The molecule has 0 fully saturated rings. The van der Waals surface area contributed by atoms with E-state index in [4.69, 9.17) is 5.73 Å². The maximum absolute atomic E-state index is 6.56. The molecule has 1 aliphatic rings. The number of likely N-dealkylation sites (N-methyl/N-ethyl adjacent to an activating group) is 1. The summed E-state index contributed by atoms with van der Waals surface area (Å²) in [7, 11) is 0. The molecular weight excluding hydrogens is 232 g/mol. The first kappa shape index (κ1) is 14.5. The molecule has 19 heavy (non-hydrogen) atoms. The van der Waals surface area contributed by atoms with Crippen LogP contribution in [0, 0.1) is 5.92 Å². The fourth-order valence-electron chi connectivity index (χ4n) is 3.45. The highest BCUT2D eigenvalue weighted by Crippen LogP contribution is 2.38. The Hall–Kier alpha value is -0.860. The van der Waals surface area contributed by atoms with Gasteiger partial charge in [0.2, 0.25) is 0 Å². The van der Waals surface area contributed by atoms with Crippen molar-refractivity contribution < 1.29 is 0 Å². The van der Waals surface area contributed by atoms with Crippen LogP contribution in [-0.2, 0) is 0 Å². The molecule has 2 nitrogen and oxygen atoms in total. The Kier molecular flexibility index (Phi) is 4.64. The van der Waals surface area contributed by atoms with Crippen molar-refractivity contribution in [1.82, 2.24) is 4.90 Å². The van der Waals surface area contributed by atoms with Crippen molar-refractivity contribution in [2.45, 2.75) is 52.1 Å². The molecule has 0 spiro atoms. The van der Waals surface area contributed by atoms with Crippen LogP contribution in [-0.4, -0.2) is 24.0 Å². The maximum atomic E-state index is 6.56. The molecule has 3 atom stereocenters. The summed E-state index contributed by atoms with van der Waals surface area (Å²) in [4.78, 5) is 2.57. The quantitative estimate of drug-likeness (QED) is 0.897. The zero-order valence-corrected chi connectivity index (χ0v) is 12.8. The molecule has 0 amide bonds. The highest BCUT2D eigenvalue weighted by molar-refractivity contribution is 5.36. The minimum atomic E-state index is 0.158. The second-order valence-corrected chi connectivity index (χ2v) is 6.34. The summed E-state index contributed by atoms with van der Waals surface area (Å²) < 4.78 is 0. The predicted molar refractivity (Wildman–Crippen MR) is 82.3 cm³/mol. The van der Waals surface area contributed by atoms with Gasteiger partial charge in [-0.15, -0.1) is 0 Å². The van der Waals surface area contributed by atoms with Crippen molar-refractivity contribution in [3.05, 3.63) is 35.4 Å². The molecule has 0 saturated heterocycles. The van der Waals surface area contributed by atoms with Gasteiger partial charge in [0, 0.05) is 18.6 Å². The van der Waals surface area contributed by atoms with Gasteiger partial charge in [-0.25, -0.2) is 0 Å². The van der Waals surface area contributed by atoms with Crippen LogP contribution < -0.4 is 5.73 Å². The van der Waals surface area contributed by atoms with Crippen LogP contribution in [0.4, 0.5) is 0 Å². The minimum Gasteiger partial charge on any atom is -0.323 e. The lowest BCUT2D eigenvalue weighted by molar-refractivity contribution is 0.139. The molecule has 0 saturated carbocycles. The maximum Gasteiger partial charge on any atom is 0.0456 e. The molecule has 1 aromatic rings. The topological polar surface area (TPSA) is 29.3 Å². The lowest BCUT2D eigenvalue weighted by Crippen LogP contribution is -2.47. The summed E-state index contributed by atoms with van der Waals surface area (Å²) in [6, 6.07) is 9.35.